The zero-order valence-corrected chi connectivity index (χ0v) is 12.9. The van der Waals surface area contributed by atoms with Crippen molar-refractivity contribution in [2.45, 2.75) is 25.2 Å². The van der Waals surface area contributed by atoms with E-state index in [1.54, 1.807) is 11.1 Å². The summed E-state index contributed by atoms with van der Waals surface area (Å²) in [6.45, 7) is 1.56. The van der Waals surface area contributed by atoms with E-state index in [4.69, 9.17) is 16.3 Å². The highest BCUT2D eigenvalue weighted by molar-refractivity contribution is 6.31. The van der Waals surface area contributed by atoms with Crippen LogP contribution in [0.4, 0.5) is 4.39 Å². The summed E-state index contributed by atoms with van der Waals surface area (Å²) in [6.07, 6.45) is 2.44. The highest BCUT2D eigenvalue weighted by atomic mass is 35.5. The molecular weight excluding hydrogens is 323 g/mol. The minimum absolute atomic E-state index is 0.0325. The number of nitrogens with zero attached hydrogens (tertiary/aromatic N) is 4. The molecule has 0 aliphatic carbocycles. The number of piperidine rings is 1. The minimum Gasteiger partial charge on any atom is -0.370 e. The van der Waals surface area contributed by atoms with E-state index >= 15 is 0 Å². The SMILES string of the molecule is O=C(c1ccc(F)c(Cl)c1)N1CC[C@H]2OCc3cnnn3[C@H]2C1. The molecule has 23 heavy (non-hydrogen) atoms. The first-order chi connectivity index (χ1) is 11.1. The molecule has 6 nitrogen and oxygen atoms in total. The summed E-state index contributed by atoms with van der Waals surface area (Å²) in [5.41, 5.74) is 1.29. The molecule has 0 bridgehead atoms. The lowest BCUT2D eigenvalue weighted by atomic mass is 9.99. The zero-order chi connectivity index (χ0) is 16.0. The Morgan fingerprint density at radius 3 is 3.13 bits per heavy atom. The molecule has 3 heterocycles. The third kappa shape index (κ3) is 2.49. The Bertz CT molecular complexity index is 766. The fourth-order valence-corrected chi connectivity index (χ4v) is 3.36. The molecule has 4 rings (SSSR count). The number of carbonyl (C=O) groups is 1. The number of fused-ring (bicyclic) bond motifs is 3. The fraction of sp³-hybridized carbons (Fsp3) is 0.400. The van der Waals surface area contributed by atoms with Crippen LogP contribution in [0.25, 0.3) is 0 Å². The molecule has 1 fully saturated rings. The summed E-state index contributed by atoms with van der Waals surface area (Å²) in [7, 11) is 0. The standard InChI is InChI=1S/C15H14ClFN4O2/c16-11-5-9(1-2-12(11)17)15(22)20-4-3-14-13(7-20)21-10(8-23-14)6-18-19-21/h1-2,5-6,13-14H,3-4,7-8H2/t13-,14+/m0/s1. The zero-order valence-electron chi connectivity index (χ0n) is 12.2. The predicted molar refractivity (Wildman–Crippen MR) is 79.6 cm³/mol. The molecule has 0 unspecified atom stereocenters. The van der Waals surface area contributed by atoms with Crippen molar-refractivity contribution in [2.75, 3.05) is 13.1 Å². The van der Waals surface area contributed by atoms with Gasteiger partial charge in [-0.05, 0) is 24.6 Å². The van der Waals surface area contributed by atoms with Crippen LogP contribution in [0, 0.1) is 5.82 Å². The Morgan fingerprint density at radius 1 is 1.43 bits per heavy atom. The highest BCUT2D eigenvalue weighted by Gasteiger charge is 2.38. The average molecular weight is 337 g/mol. The van der Waals surface area contributed by atoms with E-state index in [1.165, 1.54) is 18.2 Å². The smallest absolute Gasteiger partial charge is 0.253 e. The van der Waals surface area contributed by atoms with Gasteiger partial charge in [0.05, 0.1) is 35.7 Å². The van der Waals surface area contributed by atoms with Gasteiger partial charge >= 0.3 is 0 Å². The maximum atomic E-state index is 13.3. The molecule has 2 aromatic rings. The molecule has 0 radical (unpaired) electrons. The number of hydrogen-bond donors (Lipinski definition) is 0. The molecule has 2 aliphatic heterocycles. The summed E-state index contributed by atoms with van der Waals surface area (Å²) in [6, 6.07) is 3.98. The lowest BCUT2D eigenvalue weighted by Gasteiger charge is -2.41. The minimum atomic E-state index is -0.533. The molecular formula is C15H14ClFN4O2. The second-order valence-electron chi connectivity index (χ2n) is 5.76. The summed E-state index contributed by atoms with van der Waals surface area (Å²) in [5, 5.41) is 7.98. The number of rotatable bonds is 1. The van der Waals surface area contributed by atoms with Gasteiger partial charge in [-0.3, -0.25) is 4.79 Å². The molecule has 0 saturated carbocycles. The Balaban J connectivity index is 1.57. The molecule has 0 N–H and O–H groups in total. The van der Waals surface area contributed by atoms with E-state index in [9.17, 15) is 9.18 Å². The summed E-state index contributed by atoms with van der Waals surface area (Å²) in [5.74, 6) is -0.701. The molecule has 1 aromatic heterocycles. The Labute approximate surface area is 136 Å². The van der Waals surface area contributed by atoms with Crippen molar-refractivity contribution in [2.24, 2.45) is 0 Å². The topological polar surface area (TPSA) is 60.3 Å². The molecule has 120 valence electrons. The van der Waals surface area contributed by atoms with Crippen LogP contribution >= 0.6 is 11.6 Å². The van der Waals surface area contributed by atoms with Gasteiger partial charge in [-0.25, -0.2) is 9.07 Å². The van der Waals surface area contributed by atoms with Crippen molar-refractivity contribution in [3.8, 4) is 0 Å². The second kappa shape index (κ2) is 5.58. The van der Waals surface area contributed by atoms with Gasteiger partial charge in [-0.2, -0.15) is 0 Å². The van der Waals surface area contributed by atoms with Gasteiger partial charge in [0, 0.05) is 18.7 Å². The van der Waals surface area contributed by atoms with Crippen LogP contribution in [-0.4, -0.2) is 45.0 Å². The van der Waals surface area contributed by atoms with E-state index in [0.29, 0.717) is 25.3 Å². The van der Waals surface area contributed by atoms with E-state index in [2.05, 4.69) is 10.3 Å². The van der Waals surface area contributed by atoms with E-state index in [-0.39, 0.29) is 23.1 Å². The van der Waals surface area contributed by atoms with Crippen LogP contribution < -0.4 is 0 Å². The summed E-state index contributed by atoms with van der Waals surface area (Å²) < 4.78 is 20.9. The second-order valence-corrected chi connectivity index (χ2v) is 6.16. The Morgan fingerprint density at radius 2 is 2.30 bits per heavy atom. The van der Waals surface area contributed by atoms with Crippen LogP contribution in [-0.2, 0) is 11.3 Å². The maximum absolute atomic E-state index is 13.3. The van der Waals surface area contributed by atoms with Crippen molar-refractivity contribution >= 4 is 17.5 Å². The summed E-state index contributed by atoms with van der Waals surface area (Å²) in [4.78, 5) is 14.4. The van der Waals surface area contributed by atoms with Gasteiger partial charge in [0.2, 0.25) is 0 Å². The van der Waals surface area contributed by atoms with Crippen molar-refractivity contribution in [1.82, 2.24) is 19.9 Å². The van der Waals surface area contributed by atoms with Gasteiger partial charge < -0.3 is 9.64 Å². The normalized spacial score (nSPS) is 23.3. The molecule has 1 amide bonds. The molecule has 1 aromatic carbocycles. The predicted octanol–water partition coefficient (Wildman–Crippen LogP) is 2.06. The van der Waals surface area contributed by atoms with E-state index in [1.807, 2.05) is 4.68 Å². The van der Waals surface area contributed by atoms with Gasteiger partial charge in [0.25, 0.3) is 5.91 Å². The summed E-state index contributed by atoms with van der Waals surface area (Å²) >= 11 is 5.77. The van der Waals surface area contributed by atoms with Crippen molar-refractivity contribution in [1.29, 1.82) is 0 Å². The van der Waals surface area contributed by atoms with Crippen molar-refractivity contribution in [3.05, 3.63) is 46.5 Å². The number of benzene rings is 1. The lowest BCUT2D eigenvalue weighted by molar-refractivity contribution is -0.0605. The number of halogens is 2. The molecule has 8 heteroatoms. The third-order valence-electron chi connectivity index (χ3n) is 4.38. The van der Waals surface area contributed by atoms with Gasteiger partial charge in [-0.1, -0.05) is 16.8 Å². The number of hydrogen-bond acceptors (Lipinski definition) is 4. The van der Waals surface area contributed by atoms with Gasteiger partial charge in [0.1, 0.15) is 5.82 Å². The Hall–Kier alpha value is -1.99. The van der Waals surface area contributed by atoms with Crippen LogP contribution in [0.15, 0.2) is 24.4 Å². The monoisotopic (exact) mass is 336 g/mol. The van der Waals surface area contributed by atoms with E-state index < -0.39 is 5.82 Å². The molecule has 2 atom stereocenters. The first-order valence-electron chi connectivity index (χ1n) is 7.38. The quantitative estimate of drug-likeness (QED) is 0.799. The molecule has 2 aliphatic rings. The van der Waals surface area contributed by atoms with Crippen LogP contribution in [0.1, 0.15) is 28.5 Å². The van der Waals surface area contributed by atoms with Crippen LogP contribution in [0.2, 0.25) is 5.02 Å². The maximum Gasteiger partial charge on any atom is 0.253 e. The number of aromatic nitrogens is 3. The average Bonchev–Trinajstić information content (AvgIpc) is 3.05. The van der Waals surface area contributed by atoms with Crippen molar-refractivity contribution < 1.29 is 13.9 Å². The number of likely N-dealkylation sites (tertiary alicyclic amines) is 1. The number of ether oxygens (including phenoxy) is 1. The van der Waals surface area contributed by atoms with Crippen LogP contribution in [0.5, 0.6) is 0 Å². The van der Waals surface area contributed by atoms with Crippen molar-refractivity contribution in [3.63, 3.8) is 0 Å². The van der Waals surface area contributed by atoms with Gasteiger partial charge in [0.15, 0.2) is 0 Å². The third-order valence-corrected chi connectivity index (χ3v) is 4.67. The lowest BCUT2D eigenvalue weighted by Crippen LogP contribution is -2.49. The Kier molecular flexibility index (Phi) is 3.54. The highest BCUT2D eigenvalue weighted by Crippen LogP contribution is 2.30. The van der Waals surface area contributed by atoms with E-state index in [0.717, 1.165) is 12.1 Å². The molecule has 0 spiro atoms. The molecule has 1 saturated heterocycles. The first kappa shape index (κ1) is 14.6. The number of amides is 1. The first-order valence-corrected chi connectivity index (χ1v) is 7.76. The largest absolute Gasteiger partial charge is 0.370 e. The fourth-order valence-electron chi connectivity index (χ4n) is 3.18. The van der Waals surface area contributed by atoms with Crippen LogP contribution in [0.3, 0.4) is 0 Å². The van der Waals surface area contributed by atoms with Gasteiger partial charge in [-0.15, -0.1) is 5.10 Å². The number of carbonyl (C=O) groups excluding carboxylic acids is 1.